The molecule has 0 aliphatic rings. The summed E-state index contributed by atoms with van der Waals surface area (Å²) in [6.45, 7) is 0.519. The molecule has 1 rings (SSSR count). The van der Waals surface area contributed by atoms with E-state index in [1.807, 2.05) is 12.1 Å². The number of carbonyl (C=O) groups is 1. The van der Waals surface area contributed by atoms with Gasteiger partial charge in [-0.25, -0.2) is 4.79 Å². The molecule has 82 valence electrons. The Balaban J connectivity index is 2.82. The second kappa shape index (κ2) is 5.48. The molecule has 0 radical (unpaired) electrons. The van der Waals surface area contributed by atoms with Gasteiger partial charge in [-0.15, -0.1) is 0 Å². The van der Waals surface area contributed by atoms with Crippen molar-refractivity contribution in [3.8, 4) is 0 Å². The van der Waals surface area contributed by atoms with E-state index in [0.29, 0.717) is 12.2 Å². The van der Waals surface area contributed by atoms with Crippen LogP contribution in [0.4, 0.5) is 0 Å². The van der Waals surface area contributed by atoms with Gasteiger partial charge in [-0.2, -0.15) is 0 Å². The van der Waals surface area contributed by atoms with E-state index in [9.17, 15) is 4.79 Å². The third kappa shape index (κ3) is 3.04. The predicted molar refractivity (Wildman–Crippen MR) is 54.5 cm³/mol. The lowest BCUT2D eigenvalue weighted by atomic mass is 10.1. The first-order valence-electron chi connectivity index (χ1n) is 4.52. The van der Waals surface area contributed by atoms with E-state index >= 15 is 0 Å². The molecule has 0 bridgehead atoms. The highest BCUT2D eigenvalue weighted by atomic mass is 16.5. The van der Waals surface area contributed by atoms with Gasteiger partial charge in [0.2, 0.25) is 0 Å². The van der Waals surface area contributed by atoms with Gasteiger partial charge in [0.25, 0.3) is 0 Å². The first-order valence-corrected chi connectivity index (χ1v) is 4.52. The van der Waals surface area contributed by atoms with Crippen LogP contribution in [0.2, 0.25) is 0 Å². The number of aliphatic carboxylic acids is 1. The van der Waals surface area contributed by atoms with Crippen LogP contribution in [0.15, 0.2) is 24.3 Å². The lowest BCUT2D eigenvalue weighted by Gasteiger charge is -2.10. The highest BCUT2D eigenvalue weighted by molar-refractivity contribution is 5.74. The number of hydrogen-bond donors (Lipinski definition) is 1. The lowest BCUT2D eigenvalue weighted by Crippen LogP contribution is -2.13. The summed E-state index contributed by atoms with van der Waals surface area (Å²) in [6, 6.07) is 7.12. The Morgan fingerprint density at radius 3 is 2.33 bits per heavy atom. The third-order valence-corrected chi connectivity index (χ3v) is 2.05. The maximum atomic E-state index is 10.8. The number of methoxy groups -OCH3 is 2. The van der Waals surface area contributed by atoms with Crippen molar-refractivity contribution in [2.24, 2.45) is 0 Å². The Kier molecular flexibility index (Phi) is 4.27. The topological polar surface area (TPSA) is 55.8 Å². The number of carboxylic acid groups (broad SMARTS) is 1. The Labute approximate surface area is 88.4 Å². The summed E-state index contributed by atoms with van der Waals surface area (Å²) in [6.07, 6.45) is -0.901. The van der Waals surface area contributed by atoms with E-state index < -0.39 is 12.1 Å². The van der Waals surface area contributed by atoms with Crippen LogP contribution in [-0.2, 0) is 20.9 Å². The summed E-state index contributed by atoms with van der Waals surface area (Å²) in [5, 5.41) is 8.85. The van der Waals surface area contributed by atoms with Crippen molar-refractivity contribution in [2.75, 3.05) is 14.2 Å². The fourth-order valence-electron chi connectivity index (χ4n) is 1.33. The van der Waals surface area contributed by atoms with E-state index in [1.165, 1.54) is 7.11 Å². The molecule has 15 heavy (non-hydrogen) atoms. The Morgan fingerprint density at radius 1 is 1.33 bits per heavy atom. The van der Waals surface area contributed by atoms with Gasteiger partial charge in [0, 0.05) is 14.2 Å². The van der Waals surface area contributed by atoms with Crippen LogP contribution in [0, 0.1) is 0 Å². The zero-order chi connectivity index (χ0) is 11.3. The fourth-order valence-corrected chi connectivity index (χ4v) is 1.33. The molecular formula is C11H14O4. The van der Waals surface area contributed by atoms with Crippen molar-refractivity contribution < 1.29 is 19.4 Å². The smallest absolute Gasteiger partial charge is 0.337 e. The van der Waals surface area contributed by atoms with Gasteiger partial charge in [0.05, 0.1) is 6.61 Å². The number of hydrogen-bond acceptors (Lipinski definition) is 3. The largest absolute Gasteiger partial charge is 0.479 e. The zero-order valence-electron chi connectivity index (χ0n) is 8.77. The maximum Gasteiger partial charge on any atom is 0.337 e. The molecule has 0 spiro atoms. The molecule has 0 aliphatic heterocycles. The molecule has 0 aromatic heterocycles. The van der Waals surface area contributed by atoms with Crippen molar-refractivity contribution >= 4 is 5.97 Å². The molecule has 1 aromatic rings. The standard InChI is InChI=1S/C11H14O4/c1-14-7-8-3-5-9(6-4-8)10(15-2)11(12)13/h3-6,10H,7H2,1-2H3,(H,12,13). The minimum Gasteiger partial charge on any atom is -0.479 e. The SMILES string of the molecule is COCc1ccc(C(OC)C(=O)O)cc1. The molecule has 4 heteroatoms. The Hall–Kier alpha value is -1.39. The Bertz CT molecular complexity index is 318. The highest BCUT2D eigenvalue weighted by Gasteiger charge is 2.18. The van der Waals surface area contributed by atoms with Crippen molar-refractivity contribution in [1.29, 1.82) is 0 Å². The summed E-state index contributed by atoms with van der Waals surface area (Å²) in [5.41, 5.74) is 1.63. The van der Waals surface area contributed by atoms with Crippen molar-refractivity contribution in [3.05, 3.63) is 35.4 Å². The summed E-state index contributed by atoms with van der Waals surface area (Å²) >= 11 is 0. The molecule has 1 aromatic carbocycles. The molecule has 1 atom stereocenters. The van der Waals surface area contributed by atoms with Gasteiger partial charge in [-0.05, 0) is 11.1 Å². The first kappa shape index (κ1) is 11.7. The molecule has 0 aliphatic carbocycles. The van der Waals surface area contributed by atoms with Gasteiger partial charge < -0.3 is 14.6 Å². The van der Waals surface area contributed by atoms with Crippen LogP contribution in [0.25, 0.3) is 0 Å². The fraction of sp³-hybridized carbons (Fsp3) is 0.364. The van der Waals surface area contributed by atoms with E-state index in [-0.39, 0.29) is 0 Å². The predicted octanol–water partition coefficient (Wildman–Crippen LogP) is 1.61. The zero-order valence-corrected chi connectivity index (χ0v) is 8.77. The van der Waals surface area contributed by atoms with E-state index in [0.717, 1.165) is 5.56 Å². The van der Waals surface area contributed by atoms with Gasteiger partial charge in [-0.3, -0.25) is 0 Å². The van der Waals surface area contributed by atoms with E-state index in [1.54, 1.807) is 19.2 Å². The summed E-state index contributed by atoms with van der Waals surface area (Å²) < 4.78 is 9.82. The second-order valence-electron chi connectivity index (χ2n) is 3.13. The van der Waals surface area contributed by atoms with Crippen molar-refractivity contribution in [1.82, 2.24) is 0 Å². The van der Waals surface area contributed by atoms with Crippen LogP contribution in [0.1, 0.15) is 17.2 Å². The van der Waals surface area contributed by atoms with Crippen LogP contribution in [-0.4, -0.2) is 25.3 Å². The van der Waals surface area contributed by atoms with Crippen molar-refractivity contribution in [3.63, 3.8) is 0 Å². The number of carboxylic acids is 1. The summed E-state index contributed by atoms with van der Waals surface area (Å²) in [7, 11) is 2.99. The minimum atomic E-state index is -0.989. The quantitative estimate of drug-likeness (QED) is 0.802. The normalized spacial score (nSPS) is 12.4. The molecule has 0 saturated carbocycles. The van der Waals surface area contributed by atoms with Gasteiger partial charge in [0.1, 0.15) is 0 Å². The van der Waals surface area contributed by atoms with Crippen molar-refractivity contribution in [2.45, 2.75) is 12.7 Å². The molecular weight excluding hydrogens is 196 g/mol. The average molecular weight is 210 g/mol. The number of rotatable bonds is 5. The summed E-state index contributed by atoms with van der Waals surface area (Å²) in [5.74, 6) is -0.989. The minimum absolute atomic E-state index is 0.519. The molecule has 0 heterocycles. The van der Waals surface area contributed by atoms with Crippen LogP contribution >= 0.6 is 0 Å². The Morgan fingerprint density at radius 2 is 1.93 bits per heavy atom. The molecule has 0 saturated heterocycles. The summed E-state index contributed by atoms with van der Waals surface area (Å²) in [4.78, 5) is 10.8. The van der Waals surface area contributed by atoms with E-state index in [2.05, 4.69) is 0 Å². The van der Waals surface area contributed by atoms with Crippen LogP contribution in [0.5, 0.6) is 0 Å². The van der Waals surface area contributed by atoms with Gasteiger partial charge in [0.15, 0.2) is 6.10 Å². The number of ether oxygens (including phenoxy) is 2. The molecule has 1 unspecified atom stereocenters. The number of benzene rings is 1. The van der Waals surface area contributed by atoms with Crippen LogP contribution < -0.4 is 0 Å². The van der Waals surface area contributed by atoms with Crippen LogP contribution in [0.3, 0.4) is 0 Å². The average Bonchev–Trinajstić information content (AvgIpc) is 2.21. The van der Waals surface area contributed by atoms with Gasteiger partial charge in [-0.1, -0.05) is 24.3 Å². The lowest BCUT2D eigenvalue weighted by molar-refractivity contribution is -0.148. The van der Waals surface area contributed by atoms with E-state index in [4.69, 9.17) is 14.6 Å². The maximum absolute atomic E-state index is 10.8. The second-order valence-corrected chi connectivity index (χ2v) is 3.13. The molecule has 0 fully saturated rings. The highest BCUT2D eigenvalue weighted by Crippen LogP contribution is 2.17. The third-order valence-electron chi connectivity index (χ3n) is 2.05. The van der Waals surface area contributed by atoms with Gasteiger partial charge >= 0.3 is 5.97 Å². The molecule has 0 amide bonds. The molecule has 4 nitrogen and oxygen atoms in total. The molecule has 1 N–H and O–H groups in total. The first-order chi connectivity index (χ1) is 7.19. The monoisotopic (exact) mass is 210 g/mol.